The average Bonchev–Trinajstić information content (AvgIpc) is 3.23. The van der Waals surface area contributed by atoms with Crippen molar-refractivity contribution in [3.8, 4) is 0 Å². The van der Waals surface area contributed by atoms with Crippen LogP contribution in [0.1, 0.15) is 6.92 Å². The van der Waals surface area contributed by atoms with E-state index in [4.69, 9.17) is 21.3 Å². The maximum atomic E-state index is 13.1. The van der Waals surface area contributed by atoms with Gasteiger partial charge in [-0.25, -0.2) is 9.79 Å². The lowest BCUT2D eigenvalue weighted by atomic mass is 10.1. The van der Waals surface area contributed by atoms with E-state index < -0.39 is 12.2 Å². The van der Waals surface area contributed by atoms with E-state index in [1.165, 1.54) is 4.90 Å². The zero-order valence-electron chi connectivity index (χ0n) is 15.3. The molecule has 0 spiro atoms. The van der Waals surface area contributed by atoms with Crippen LogP contribution in [-0.4, -0.2) is 84.7 Å². The summed E-state index contributed by atoms with van der Waals surface area (Å²) in [5, 5.41) is 0.669. The van der Waals surface area contributed by atoms with Crippen LogP contribution in [0.15, 0.2) is 29.3 Å². The number of rotatable bonds is 5. The quantitative estimate of drug-likeness (QED) is 0.711. The fourth-order valence-electron chi connectivity index (χ4n) is 3.81. The summed E-state index contributed by atoms with van der Waals surface area (Å²) in [5.74, 6) is 0.520. The molecule has 0 aromatic heterocycles. The van der Waals surface area contributed by atoms with Crippen LogP contribution in [0.25, 0.3) is 0 Å². The minimum atomic E-state index is -0.501. The van der Waals surface area contributed by atoms with Crippen LogP contribution in [0.5, 0.6) is 0 Å². The van der Waals surface area contributed by atoms with Crippen LogP contribution in [0, 0.1) is 0 Å². The minimum Gasteiger partial charge on any atom is -0.380 e. The molecule has 144 valence electrons. The Morgan fingerprint density at radius 3 is 2.67 bits per heavy atom. The highest BCUT2D eigenvalue weighted by atomic mass is 35.5. The summed E-state index contributed by atoms with van der Waals surface area (Å²) in [7, 11) is 1.69. The van der Waals surface area contributed by atoms with Crippen molar-refractivity contribution in [2.45, 2.75) is 19.1 Å². The van der Waals surface area contributed by atoms with Gasteiger partial charge in [-0.2, -0.15) is 0 Å². The normalized spacial score (nSPS) is 24.5. The number of benzene rings is 1. The molecule has 3 amide bonds. The highest BCUT2D eigenvalue weighted by Crippen LogP contribution is 2.33. The first-order valence-electron chi connectivity index (χ1n) is 9.06. The van der Waals surface area contributed by atoms with E-state index in [-0.39, 0.29) is 18.5 Å². The van der Waals surface area contributed by atoms with Crippen molar-refractivity contribution in [2.75, 3.05) is 44.8 Å². The number of amides is 3. The van der Waals surface area contributed by atoms with Crippen molar-refractivity contribution < 1.29 is 14.3 Å². The van der Waals surface area contributed by atoms with Gasteiger partial charge in [0.2, 0.25) is 5.96 Å². The molecule has 1 aromatic carbocycles. The molecule has 27 heavy (non-hydrogen) atoms. The SMILES string of the molecule is CCOCCN1C(=O)C2C(N=C3N(c4ccc(Cl)cc4)CCN32)N(C)C1=O. The molecule has 1 aromatic rings. The Morgan fingerprint density at radius 2 is 1.96 bits per heavy atom. The Hall–Kier alpha value is -2.32. The maximum Gasteiger partial charge on any atom is 0.328 e. The lowest BCUT2D eigenvalue weighted by Gasteiger charge is -2.40. The van der Waals surface area contributed by atoms with E-state index in [1.54, 1.807) is 11.9 Å². The number of aliphatic imine (C=N–C) groups is 1. The van der Waals surface area contributed by atoms with Gasteiger partial charge >= 0.3 is 6.03 Å². The molecule has 0 N–H and O–H groups in total. The Morgan fingerprint density at radius 1 is 1.22 bits per heavy atom. The molecular formula is C18H22ClN5O3. The average molecular weight is 392 g/mol. The Balaban J connectivity index is 1.59. The molecular weight excluding hydrogens is 370 g/mol. The molecule has 3 aliphatic heterocycles. The first-order valence-corrected chi connectivity index (χ1v) is 9.44. The number of nitrogens with zero attached hydrogens (tertiary/aromatic N) is 5. The Bertz CT molecular complexity index is 784. The summed E-state index contributed by atoms with van der Waals surface area (Å²) in [4.78, 5) is 37.3. The van der Waals surface area contributed by atoms with E-state index in [1.807, 2.05) is 36.1 Å². The molecule has 3 aliphatic rings. The standard InChI is InChI=1S/C18H22ClN5O3/c1-3-27-11-10-24-16(25)14-15(21(2)18(24)26)20-17-22(8-9-23(14)17)13-6-4-12(19)5-7-13/h4-7,14-15H,3,8-11H2,1-2H3. The van der Waals surface area contributed by atoms with Gasteiger partial charge in [-0.3, -0.25) is 9.69 Å². The third-order valence-electron chi connectivity index (χ3n) is 5.18. The van der Waals surface area contributed by atoms with Crippen LogP contribution < -0.4 is 4.90 Å². The smallest absolute Gasteiger partial charge is 0.328 e. The second kappa shape index (κ2) is 7.01. The van der Waals surface area contributed by atoms with Crippen molar-refractivity contribution in [3.63, 3.8) is 0 Å². The van der Waals surface area contributed by atoms with Crippen molar-refractivity contribution in [3.05, 3.63) is 29.3 Å². The number of fused-ring (bicyclic) bond motifs is 3. The highest BCUT2D eigenvalue weighted by Gasteiger charge is 2.54. The number of carbonyl (C=O) groups excluding carboxylic acids is 2. The lowest BCUT2D eigenvalue weighted by Crippen LogP contribution is -2.65. The molecule has 2 saturated heterocycles. The van der Waals surface area contributed by atoms with Gasteiger partial charge in [0, 0.05) is 37.5 Å². The van der Waals surface area contributed by atoms with Gasteiger partial charge in [-0.05, 0) is 31.2 Å². The zero-order chi connectivity index (χ0) is 19.1. The molecule has 2 fully saturated rings. The molecule has 8 nitrogen and oxygen atoms in total. The van der Waals surface area contributed by atoms with Crippen LogP contribution in [-0.2, 0) is 9.53 Å². The fraction of sp³-hybridized carbons (Fsp3) is 0.500. The van der Waals surface area contributed by atoms with Gasteiger partial charge in [0.1, 0.15) is 0 Å². The van der Waals surface area contributed by atoms with E-state index >= 15 is 0 Å². The predicted octanol–water partition coefficient (Wildman–Crippen LogP) is 1.46. The number of hydrogen-bond acceptors (Lipinski definition) is 6. The summed E-state index contributed by atoms with van der Waals surface area (Å²) in [6, 6.07) is 6.71. The summed E-state index contributed by atoms with van der Waals surface area (Å²) >= 11 is 5.99. The number of likely N-dealkylation sites (N-methyl/N-ethyl adjacent to an activating group) is 1. The van der Waals surface area contributed by atoms with Crippen LogP contribution >= 0.6 is 11.6 Å². The lowest BCUT2D eigenvalue weighted by molar-refractivity contribution is -0.138. The zero-order valence-corrected chi connectivity index (χ0v) is 16.1. The topological polar surface area (TPSA) is 68.7 Å². The second-order valence-corrected chi connectivity index (χ2v) is 7.13. The molecule has 2 atom stereocenters. The third kappa shape index (κ3) is 2.93. The number of hydrogen-bond donors (Lipinski definition) is 0. The van der Waals surface area contributed by atoms with Gasteiger partial charge in [0.15, 0.2) is 12.2 Å². The summed E-state index contributed by atoms with van der Waals surface area (Å²) in [5.41, 5.74) is 0.967. The first kappa shape index (κ1) is 18.1. The molecule has 3 heterocycles. The van der Waals surface area contributed by atoms with E-state index in [0.717, 1.165) is 18.2 Å². The van der Waals surface area contributed by atoms with Gasteiger partial charge in [0.05, 0.1) is 13.2 Å². The van der Waals surface area contributed by atoms with Gasteiger partial charge in [0.25, 0.3) is 5.91 Å². The molecule has 0 radical (unpaired) electrons. The largest absolute Gasteiger partial charge is 0.380 e. The number of carbonyl (C=O) groups is 2. The number of urea groups is 1. The number of guanidine groups is 1. The minimum absolute atomic E-state index is 0.209. The maximum absolute atomic E-state index is 13.1. The number of halogens is 1. The fourth-order valence-corrected chi connectivity index (χ4v) is 3.93. The van der Waals surface area contributed by atoms with Crippen molar-refractivity contribution >= 4 is 35.2 Å². The van der Waals surface area contributed by atoms with Gasteiger partial charge in [-0.15, -0.1) is 0 Å². The molecule has 0 bridgehead atoms. The summed E-state index contributed by atoms with van der Waals surface area (Å²) < 4.78 is 5.32. The van der Waals surface area contributed by atoms with Crippen LogP contribution in [0.3, 0.4) is 0 Å². The monoisotopic (exact) mass is 391 g/mol. The Labute approximate surface area is 162 Å². The van der Waals surface area contributed by atoms with Gasteiger partial charge < -0.3 is 19.4 Å². The number of anilines is 1. The van der Waals surface area contributed by atoms with Crippen molar-refractivity contribution in [1.82, 2.24) is 14.7 Å². The Kier molecular flexibility index (Phi) is 4.69. The van der Waals surface area contributed by atoms with Crippen molar-refractivity contribution in [2.24, 2.45) is 4.99 Å². The first-order chi connectivity index (χ1) is 13.0. The number of imide groups is 1. The van der Waals surface area contributed by atoms with Gasteiger partial charge in [-0.1, -0.05) is 11.6 Å². The van der Waals surface area contributed by atoms with E-state index in [0.29, 0.717) is 24.8 Å². The molecule has 0 saturated carbocycles. The van der Waals surface area contributed by atoms with E-state index in [9.17, 15) is 9.59 Å². The highest BCUT2D eigenvalue weighted by molar-refractivity contribution is 6.30. The summed E-state index contributed by atoms with van der Waals surface area (Å²) in [6.45, 7) is 4.43. The molecule has 4 rings (SSSR count). The summed E-state index contributed by atoms with van der Waals surface area (Å²) in [6.07, 6.45) is -0.501. The number of ether oxygens (including phenoxy) is 1. The predicted molar refractivity (Wildman–Crippen MR) is 102 cm³/mol. The van der Waals surface area contributed by atoms with Crippen LogP contribution in [0.4, 0.5) is 10.5 Å². The molecule has 0 aliphatic carbocycles. The third-order valence-corrected chi connectivity index (χ3v) is 5.43. The van der Waals surface area contributed by atoms with Crippen LogP contribution in [0.2, 0.25) is 5.02 Å². The van der Waals surface area contributed by atoms with E-state index in [2.05, 4.69) is 4.90 Å². The molecule has 9 heteroatoms. The van der Waals surface area contributed by atoms with Crippen molar-refractivity contribution in [1.29, 1.82) is 0 Å². The second-order valence-electron chi connectivity index (χ2n) is 6.69. The molecule has 2 unspecified atom stereocenters.